The Balaban J connectivity index is 1.58. The summed E-state index contributed by atoms with van der Waals surface area (Å²) in [5.74, 6) is -1.10. The van der Waals surface area contributed by atoms with Gasteiger partial charge in [0.25, 0.3) is 11.6 Å². The molecule has 2 aromatic carbocycles. The molecule has 1 heterocycles. The molecule has 2 amide bonds. The molecular weight excluding hydrogens is 438 g/mol. The summed E-state index contributed by atoms with van der Waals surface area (Å²) in [6.07, 6.45) is 5.21. The summed E-state index contributed by atoms with van der Waals surface area (Å²) in [7, 11) is 0. The molecule has 0 aromatic heterocycles. The Morgan fingerprint density at radius 2 is 2.00 bits per heavy atom. The van der Waals surface area contributed by atoms with Crippen molar-refractivity contribution < 1.29 is 19.6 Å². The number of rotatable bonds is 7. The minimum absolute atomic E-state index is 0.0475. The van der Waals surface area contributed by atoms with E-state index < -0.39 is 10.8 Å². The summed E-state index contributed by atoms with van der Waals surface area (Å²) in [6, 6.07) is 12.9. The van der Waals surface area contributed by atoms with Crippen molar-refractivity contribution in [2.75, 3.05) is 11.9 Å². The van der Waals surface area contributed by atoms with Gasteiger partial charge in [0.05, 0.1) is 15.5 Å². The lowest BCUT2D eigenvalue weighted by Gasteiger charge is -2.14. The summed E-state index contributed by atoms with van der Waals surface area (Å²) in [5.41, 5.74) is 0.657. The molecule has 0 spiro atoms. The summed E-state index contributed by atoms with van der Waals surface area (Å²) >= 11 is 6.39. The molecule has 2 N–H and O–H groups in total. The number of amides is 2. The minimum atomic E-state index is -0.631. The van der Waals surface area contributed by atoms with Gasteiger partial charge in [-0.05, 0) is 17.7 Å². The van der Waals surface area contributed by atoms with Crippen LogP contribution in [0.3, 0.4) is 0 Å². The number of carbonyl (C=O) groups is 2. The zero-order valence-electron chi connectivity index (χ0n) is 16.1. The average molecular weight is 456 g/mol. The van der Waals surface area contributed by atoms with E-state index in [4.69, 9.17) is 12.2 Å². The van der Waals surface area contributed by atoms with Gasteiger partial charge >= 0.3 is 0 Å². The van der Waals surface area contributed by atoms with Gasteiger partial charge in [0.1, 0.15) is 10.1 Å². The Labute approximate surface area is 187 Å². The number of benzene rings is 2. The zero-order chi connectivity index (χ0) is 22.4. The molecule has 1 saturated heterocycles. The van der Waals surface area contributed by atoms with Gasteiger partial charge in [-0.15, -0.1) is 0 Å². The molecule has 158 valence electrons. The van der Waals surface area contributed by atoms with Crippen LogP contribution in [-0.2, 0) is 9.59 Å². The van der Waals surface area contributed by atoms with Gasteiger partial charge in [-0.1, -0.05) is 66.5 Å². The molecule has 0 saturated carbocycles. The first kappa shape index (κ1) is 22.2. The standard InChI is InChI=1S/C21H17N3O5S2/c25-17-10-9-15(24(28)29)13-16(17)22-19(26)11-12-23-20(27)18(31-21(23)30)8-4-7-14-5-2-1-3-6-14/h1-10,13,25H,11-12H2,(H,22,26)/b7-4+,18-8-. The molecule has 10 heteroatoms. The molecule has 0 radical (unpaired) electrons. The zero-order valence-corrected chi connectivity index (χ0v) is 17.7. The Morgan fingerprint density at radius 1 is 1.26 bits per heavy atom. The first-order valence-electron chi connectivity index (χ1n) is 9.09. The second-order valence-electron chi connectivity index (χ2n) is 6.38. The van der Waals surface area contributed by atoms with Gasteiger partial charge in [-0.25, -0.2) is 0 Å². The number of thiocarbonyl (C=S) groups is 1. The molecule has 8 nitrogen and oxygen atoms in total. The number of nitro benzene ring substituents is 1. The van der Waals surface area contributed by atoms with E-state index in [2.05, 4.69) is 5.32 Å². The topological polar surface area (TPSA) is 113 Å². The lowest BCUT2D eigenvalue weighted by Crippen LogP contribution is -2.31. The molecule has 0 aliphatic carbocycles. The molecule has 2 aromatic rings. The highest BCUT2D eigenvalue weighted by Crippen LogP contribution is 2.31. The molecule has 1 aliphatic rings. The molecular formula is C21H17N3O5S2. The van der Waals surface area contributed by atoms with Crippen molar-refractivity contribution in [3.05, 3.63) is 81.3 Å². The van der Waals surface area contributed by atoms with Gasteiger partial charge in [0.2, 0.25) is 5.91 Å². The maximum absolute atomic E-state index is 12.6. The fourth-order valence-corrected chi connectivity index (χ4v) is 3.94. The number of hydrogen-bond acceptors (Lipinski definition) is 7. The van der Waals surface area contributed by atoms with Crippen LogP contribution in [0.2, 0.25) is 0 Å². The van der Waals surface area contributed by atoms with Crippen molar-refractivity contribution in [1.82, 2.24) is 4.90 Å². The van der Waals surface area contributed by atoms with Crippen molar-refractivity contribution in [3.8, 4) is 5.75 Å². The third-order valence-corrected chi connectivity index (χ3v) is 5.63. The van der Waals surface area contributed by atoms with Crippen molar-refractivity contribution in [2.45, 2.75) is 6.42 Å². The van der Waals surface area contributed by atoms with Gasteiger partial charge in [-0.2, -0.15) is 0 Å². The van der Waals surface area contributed by atoms with Crippen LogP contribution in [0.25, 0.3) is 6.08 Å². The van der Waals surface area contributed by atoms with Crippen LogP contribution in [0.4, 0.5) is 11.4 Å². The SMILES string of the molecule is O=C(CCN1C(=O)/C(=C/C=C/c2ccccc2)SC1=S)Nc1cc([N+](=O)[O-])ccc1O. The predicted molar refractivity (Wildman–Crippen MR) is 123 cm³/mol. The van der Waals surface area contributed by atoms with Crippen LogP contribution >= 0.6 is 24.0 Å². The first-order chi connectivity index (χ1) is 14.8. The number of nitro groups is 1. The number of thioether (sulfide) groups is 1. The number of phenols is 1. The number of nitrogens with zero attached hydrogens (tertiary/aromatic N) is 2. The largest absolute Gasteiger partial charge is 0.506 e. The van der Waals surface area contributed by atoms with Crippen LogP contribution in [0.1, 0.15) is 12.0 Å². The molecule has 1 aliphatic heterocycles. The third kappa shape index (κ3) is 5.77. The van der Waals surface area contributed by atoms with E-state index in [9.17, 15) is 24.8 Å². The summed E-state index contributed by atoms with van der Waals surface area (Å²) in [4.78, 5) is 36.8. The summed E-state index contributed by atoms with van der Waals surface area (Å²) < 4.78 is 0.343. The highest BCUT2D eigenvalue weighted by Gasteiger charge is 2.31. The molecule has 31 heavy (non-hydrogen) atoms. The van der Waals surface area contributed by atoms with Gasteiger partial charge in [-0.3, -0.25) is 24.6 Å². The lowest BCUT2D eigenvalue weighted by molar-refractivity contribution is -0.384. The number of hydrogen-bond donors (Lipinski definition) is 2. The third-order valence-electron chi connectivity index (χ3n) is 4.24. The molecule has 0 unspecified atom stereocenters. The number of carbonyl (C=O) groups excluding carboxylic acids is 2. The van der Waals surface area contributed by atoms with E-state index in [1.54, 1.807) is 12.2 Å². The smallest absolute Gasteiger partial charge is 0.271 e. The van der Waals surface area contributed by atoms with E-state index >= 15 is 0 Å². The van der Waals surface area contributed by atoms with E-state index in [0.717, 1.165) is 35.5 Å². The number of allylic oxidation sites excluding steroid dienone is 2. The monoisotopic (exact) mass is 455 g/mol. The highest BCUT2D eigenvalue weighted by molar-refractivity contribution is 8.26. The molecule has 1 fully saturated rings. The van der Waals surface area contributed by atoms with E-state index in [-0.39, 0.29) is 36.0 Å². The fraction of sp³-hybridized carbons (Fsp3) is 0.0952. The quantitative estimate of drug-likeness (QED) is 0.213. The maximum atomic E-state index is 12.6. The second-order valence-corrected chi connectivity index (χ2v) is 8.06. The number of nitrogens with one attached hydrogen (secondary N) is 1. The van der Waals surface area contributed by atoms with E-state index in [1.165, 1.54) is 4.90 Å². The average Bonchev–Trinajstić information content (AvgIpc) is 3.01. The van der Waals surface area contributed by atoms with Crippen molar-refractivity contribution in [3.63, 3.8) is 0 Å². The number of anilines is 1. The van der Waals surface area contributed by atoms with Crippen molar-refractivity contribution in [1.29, 1.82) is 0 Å². The van der Waals surface area contributed by atoms with Crippen LogP contribution < -0.4 is 5.32 Å². The van der Waals surface area contributed by atoms with Gasteiger partial charge < -0.3 is 10.4 Å². The Morgan fingerprint density at radius 3 is 2.71 bits per heavy atom. The number of non-ortho nitro benzene ring substituents is 1. The molecule has 0 bridgehead atoms. The molecule has 0 atom stereocenters. The number of phenolic OH excluding ortho intramolecular Hbond substituents is 1. The second kappa shape index (κ2) is 10.0. The van der Waals surface area contributed by atoms with Crippen molar-refractivity contribution >= 4 is 57.6 Å². The van der Waals surface area contributed by atoms with Crippen molar-refractivity contribution in [2.24, 2.45) is 0 Å². The van der Waals surface area contributed by atoms with Crippen LogP contribution in [0.5, 0.6) is 5.75 Å². The van der Waals surface area contributed by atoms with Crippen LogP contribution in [-0.4, -0.2) is 37.6 Å². The summed E-state index contributed by atoms with van der Waals surface area (Å²) in [5, 5.41) is 23.1. The summed E-state index contributed by atoms with van der Waals surface area (Å²) in [6.45, 7) is 0.0475. The minimum Gasteiger partial charge on any atom is -0.506 e. The first-order valence-corrected chi connectivity index (χ1v) is 10.3. The van der Waals surface area contributed by atoms with Gasteiger partial charge in [0.15, 0.2) is 0 Å². The van der Waals surface area contributed by atoms with Crippen LogP contribution in [0.15, 0.2) is 65.6 Å². The Kier molecular flexibility index (Phi) is 7.16. The van der Waals surface area contributed by atoms with Crippen LogP contribution in [0, 0.1) is 10.1 Å². The van der Waals surface area contributed by atoms with E-state index in [0.29, 0.717) is 9.23 Å². The van der Waals surface area contributed by atoms with E-state index in [1.807, 2.05) is 36.4 Å². The highest BCUT2D eigenvalue weighted by atomic mass is 32.2. The normalized spacial score (nSPS) is 15.1. The predicted octanol–water partition coefficient (Wildman–Crippen LogP) is 4.09. The number of aromatic hydroxyl groups is 1. The molecule has 3 rings (SSSR count). The maximum Gasteiger partial charge on any atom is 0.271 e. The van der Waals surface area contributed by atoms with Gasteiger partial charge in [0, 0.05) is 25.1 Å². The fourth-order valence-electron chi connectivity index (χ4n) is 2.68. The Bertz CT molecular complexity index is 1100. The lowest BCUT2D eigenvalue weighted by atomic mass is 10.2. The Hall–Kier alpha value is -3.50.